The Bertz CT molecular complexity index is 425. The van der Waals surface area contributed by atoms with E-state index in [1.165, 1.54) is 0 Å². The maximum absolute atomic E-state index is 13.3. The van der Waals surface area contributed by atoms with Crippen molar-refractivity contribution in [2.75, 3.05) is 0 Å². The predicted octanol–water partition coefficient (Wildman–Crippen LogP) is 3.43. The van der Waals surface area contributed by atoms with Crippen LogP contribution < -0.4 is 0 Å². The third-order valence-electron chi connectivity index (χ3n) is 1.97. The predicted molar refractivity (Wildman–Crippen MR) is 48.0 cm³/mol. The fourth-order valence-electron chi connectivity index (χ4n) is 1.34. The third-order valence-corrected chi connectivity index (χ3v) is 1.97. The molecule has 0 bridgehead atoms. The largest absolute Gasteiger partial charge is 0.478 e. The number of hydrogen-bond acceptors (Lipinski definition) is 1. The Morgan fingerprint density at radius 1 is 1.12 bits per heavy atom. The summed E-state index contributed by atoms with van der Waals surface area (Å²) >= 11 is 0. The maximum Gasteiger partial charge on any atom is 0.395 e. The number of hydrogen-bond donors (Lipinski definition) is 1. The maximum atomic E-state index is 13.3. The smallest absolute Gasteiger partial charge is 0.395 e. The van der Waals surface area contributed by atoms with Gasteiger partial charge in [-0.15, -0.1) is 0 Å². The Kier molecular flexibility index (Phi) is 3.40. The van der Waals surface area contributed by atoms with Crippen LogP contribution in [0, 0.1) is 0 Å². The lowest BCUT2D eigenvalue weighted by Crippen LogP contribution is -2.25. The Labute approximate surface area is 92.7 Å². The molecule has 0 aliphatic carbocycles. The number of carboxylic acids is 1. The number of aromatic carboxylic acids is 1. The highest BCUT2D eigenvalue weighted by Gasteiger charge is 2.46. The van der Waals surface area contributed by atoms with Crippen molar-refractivity contribution in [2.24, 2.45) is 0 Å². The van der Waals surface area contributed by atoms with Crippen molar-refractivity contribution in [3.05, 3.63) is 35.4 Å². The number of rotatable bonds is 3. The summed E-state index contributed by atoms with van der Waals surface area (Å²) in [5, 5.41) is 8.61. The molecule has 0 saturated carbocycles. The van der Waals surface area contributed by atoms with Gasteiger partial charge >= 0.3 is 12.1 Å². The first-order chi connectivity index (χ1) is 7.63. The second kappa shape index (κ2) is 4.31. The first-order valence-electron chi connectivity index (χ1n) is 4.41. The Hall–Kier alpha value is -1.66. The molecular weight excluding hydrogens is 247 g/mol. The van der Waals surface area contributed by atoms with Crippen LogP contribution >= 0.6 is 0 Å². The number of benzene rings is 1. The molecule has 0 spiro atoms. The van der Waals surface area contributed by atoms with Crippen LogP contribution in [0.4, 0.5) is 22.0 Å². The fourth-order valence-corrected chi connectivity index (χ4v) is 1.34. The quantitative estimate of drug-likeness (QED) is 0.839. The molecular formula is C10H7F5O2. The van der Waals surface area contributed by atoms with E-state index in [1.807, 2.05) is 0 Å². The Morgan fingerprint density at radius 3 is 2.12 bits per heavy atom. The van der Waals surface area contributed by atoms with E-state index in [0.717, 1.165) is 18.2 Å². The van der Waals surface area contributed by atoms with Crippen molar-refractivity contribution in [1.29, 1.82) is 0 Å². The van der Waals surface area contributed by atoms with Gasteiger partial charge in [-0.1, -0.05) is 18.2 Å². The molecule has 0 aromatic heterocycles. The van der Waals surface area contributed by atoms with E-state index in [4.69, 9.17) is 5.11 Å². The van der Waals surface area contributed by atoms with Crippen molar-refractivity contribution in [3.8, 4) is 0 Å². The summed E-state index contributed by atoms with van der Waals surface area (Å²) in [5.74, 6) is -5.95. The molecule has 0 heterocycles. The first-order valence-corrected chi connectivity index (χ1v) is 4.41. The minimum absolute atomic E-state index is 0.676. The van der Waals surface area contributed by atoms with Crippen molar-refractivity contribution < 1.29 is 31.9 Å². The van der Waals surface area contributed by atoms with Crippen LogP contribution in [-0.2, 0) is 5.92 Å². The summed E-state index contributed by atoms with van der Waals surface area (Å²) in [6, 6.07) is 3.74. The molecule has 7 heteroatoms. The minimum atomic E-state index is -5.07. The molecule has 1 rings (SSSR count). The summed E-state index contributed by atoms with van der Waals surface area (Å²) in [7, 11) is 0. The molecule has 0 saturated heterocycles. The van der Waals surface area contributed by atoms with Crippen molar-refractivity contribution in [1.82, 2.24) is 0 Å². The average molecular weight is 254 g/mol. The lowest BCUT2D eigenvalue weighted by atomic mass is 9.99. The molecule has 0 amide bonds. The monoisotopic (exact) mass is 254 g/mol. The molecule has 1 aromatic rings. The zero-order valence-corrected chi connectivity index (χ0v) is 8.26. The van der Waals surface area contributed by atoms with Crippen LogP contribution in [0.25, 0.3) is 0 Å². The van der Waals surface area contributed by atoms with Crippen LogP contribution in [0.5, 0.6) is 0 Å². The standard InChI is InChI=1S/C10H7F5O2/c11-9(12,5-10(13,14)15)7-4-2-1-3-6(7)8(16)17/h1-4H,5H2,(H,16,17). The highest BCUT2D eigenvalue weighted by molar-refractivity contribution is 5.89. The topological polar surface area (TPSA) is 37.3 Å². The molecule has 0 fully saturated rings. The summed E-state index contributed by atoms with van der Waals surface area (Å²) in [6.07, 6.45) is -7.46. The van der Waals surface area contributed by atoms with Gasteiger partial charge in [0.05, 0.1) is 5.56 Å². The van der Waals surface area contributed by atoms with Crippen LogP contribution in [0.15, 0.2) is 24.3 Å². The minimum Gasteiger partial charge on any atom is -0.478 e. The van der Waals surface area contributed by atoms with Crippen molar-refractivity contribution >= 4 is 5.97 Å². The van der Waals surface area contributed by atoms with Gasteiger partial charge in [-0.25, -0.2) is 13.6 Å². The van der Waals surface area contributed by atoms with Gasteiger partial charge in [-0.2, -0.15) is 13.2 Å². The van der Waals surface area contributed by atoms with Gasteiger partial charge in [0, 0.05) is 5.56 Å². The van der Waals surface area contributed by atoms with Crippen LogP contribution in [0.1, 0.15) is 22.3 Å². The molecule has 1 aromatic carbocycles. The zero-order valence-electron chi connectivity index (χ0n) is 8.26. The number of halogens is 5. The van der Waals surface area contributed by atoms with E-state index in [9.17, 15) is 26.7 Å². The van der Waals surface area contributed by atoms with E-state index in [-0.39, 0.29) is 0 Å². The molecule has 0 radical (unpaired) electrons. The van der Waals surface area contributed by atoms with E-state index >= 15 is 0 Å². The SMILES string of the molecule is O=C(O)c1ccccc1C(F)(F)CC(F)(F)F. The van der Waals surface area contributed by atoms with Gasteiger partial charge in [0.1, 0.15) is 6.42 Å². The molecule has 0 aliphatic rings. The van der Waals surface area contributed by atoms with Gasteiger partial charge in [0.25, 0.3) is 5.92 Å². The average Bonchev–Trinajstić information content (AvgIpc) is 2.14. The molecule has 94 valence electrons. The highest BCUT2D eigenvalue weighted by atomic mass is 19.4. The highest BCUT2D eigenvalue weighted by Crippen LogP contribution is 2.40. The summed E-state index contributed by atoms with van der Waals surface area (Å²) in [6.45, 7) is 0. The molecule has 1 N–H and O–H groups in total. The number of carbonyl (C=O) groups is 1. The summed E-state index contributed by atoms with van der Waals surface area (Å²) in [5.41, 5.74) is -1.97. The lowest BCUT2D eigenvalue weighted by Gasteiger charge is -2.19. The molecule has 2 nitrogen and oxygen atoms in total. The molecule has 17 heavy (non-hydrogen) atoms. The third kappa shape index (κ3) is 3.40. The van der Waals surface area contributed by atoms with Gasteiger partial charge in [0.2, 0.25) is 0 Å². The first kappa shape index (κ1) is 13.4. The number of alkyl halides is 5. The Balaban J connectivity index is 3.19. The number of carboxylic acid groups (broad SMARTS) is 1. The van der Waals surface area contributed by atoms with Crippen LogP contribution in [-0.4, -0.2) is 17.3 Å². The normalized spacial score (nSPS) is 12.5. The molecule has 0 atom stereocenters. The van der Waals surface area contributed by atoms with Gasteiger partial charge in [-0.3, -0.25) is 0 Å². The van der Waals surface area contributed by atoms with E-state index in [0.29, 0.717) is 6.07 Å². The second-order valence-electron chi connectivity index (χ2n) is 3.35. The van der Waals surface area contributed by atoms with E-state index < -0.39 is 35.6 Å². The van der Waals surface area contributed by atoms with Crippen LogP contribution in [0.2, 0.25) is 0 Å². The Morgan fingerprint density at radius 2 is 1.65 bits per heavy atom. The summed E-state index contributed by atoms with van der Waals surface area (Å²) in [4.78, 5) is 10.6. The molecule has 0 unspecified atom stereocenters. The van der Waals surface area contributed by atoms with Crippen molar-refractivity contribution in [3.63, 3.8) is 0 Å². The van der Waals surface area contributed by atoms with E-state index in [1.54, 1.807) is 0 Å². The van der Waals surface area contributed by atoms with Gasteiger partial charge < -0.3 is 5.11 Å². The lowest BCUT2D eigenvalue weighted by molar-refractivity contribution is -0.191. The van der Waals surface area contributed by atoms with Crippen molar-refractivity contribution in [2.45, 2.75) is 18.5 Å². The molecule has 0 aliphatic heterocycles. The van der Waals surface area contributed by atoms with Gasteiger partial charge in [-0.05, 0) is 6.07 Å². The summed E-state index contributed by atoms with van der Waals surface area (Å²) < 4.78 is 62.4. The second-order valence-corrected chi connectivity index (χ2v) is 3.35. The van der Waals surface area contributed by atoms with Crippen LogP contribution in [0.3, 0.4) is 0 Å². The fraction of sp³-hybridized carbons (Fsp3) is 0.300. The van der Waals surface area contributed by atoms with Gasteiger partial charge in [0.15, 0.2) is 0 Å². The zero-order chi connectivity index (χ0) is 13.3. The van der Waals surface area contributed by atoms with E-state index in [2.05, 4.69) is 0 Å².